The molecule has 31 heavy (non-hydrogen) atoms. The molecule has 0 atom stereocenters. The van der Waals surface area contributed by atoms with Crippen LogP contribution in [0, 0.1) is 4.77 Å². The molecule has 160 valence electrons. The van der Waals surface area contributed by atoms with Crippen LogP contribution < -0.4 is 10.9 Å². The van der Waals surface area contributed by atoms with Crippen LogP contribution in [0.4, 0.5) is 0 Å². The number of rotatable bonds is 9. The first-order valence-electron chi connectivity index (χ1n) is 10.6. The molecule has 0 saturated heterocycles. The van der Waals surface area contributed by atoms with Crippen LogP contribution >= 0.6 is 23.6 Å². The molecule has 4 aromatic rings. The fraction of sp³-hybridized carbons (Fsp3) is 0.292. The van der Waals surface area contributed by atoms with Crippen LogP contribution in [0.2, 0.25) is 0 Å². The van der Waals surface area contributed by atoms with Gasteiger partial charge in [0.25, 0.3) is 5.56 Å². The number of amides is 1. The molecule has 2 aromatic carbocycles. The summed E-state index contributed by atoms with van der Waals surface area (Å²) in [5.74, 6) is 0.0831. The number of nitrogens with one attached hydrogen (secondary N) is 2. The van der Waals surface area contributed by atoms with E-state index in [1.165, 1.54) is 15.6 Å². The van der Waals surface area contributed by atoms with Gasteiger partial charge >= 0.3 is 0 Å². The highest BCUT2D eigenvalue weighted by Crippen LogP contribution is 2.25. The van der Waals surface area contributed by atoms with E-state index in [0.717, 1.165) is 31.2 Å². The van der Waals surface area contributed by atoms with Crippen LogP contribution in [0.1, 0.15) is 31.2 Å². The van der Waals surface area contributed by atoms with Gasteiger partial charge in [0.1, 0.15) is 0 Å². The summed E-state index contributed by atoms with van der Waals surface area (Å²) in [4.78, 5) is 27.9. The van der Waals surface area contributed by atoms with E-state index in [1.807, 2.05) is 24.3 Å². The van der Waals surface area contributed by atoms with Gasteiger partial charge in [-0.05, 0) is 66.0 Å². The molecule has 0 aliphatic heterocycles. The third-order valence-corrected chi connectivity index (χ3v) is 6.79. The van der Waals surface area contributed by atoms with Gasteiger partial charge in [-0.2, -0.15) is 0 Å². The molecule has 0 aliphatic rings. The normalized spacial score (nSPS) is 11.2. The minimum atomic E-state index is -0.0574. The monoisotopic (exact) mass is 451 g/mol. The first-order chi connectivity index (χ1) is 15.1. The third-order valence-electron chi connectivity index (χ3n) is 5.45. The van der Waals surface area contributed by atoms with Crippen LogP contribution in [0.15, 0.2) is 58.7 Å². The smallest absolute Gasteiger partial charge is 0.262 e. The Hall–Kier alpha value is -2.77. The van der Waals surface area contributed by atoms with Crippen LogP contribution in [0.5, 0.6) is 0 Å². The zero-order valence-corrected chi connectivity index (χ0v) is 18.9. The lowest BCUT2D eigenvalue weighted by atomic mass is 10.1. The Morgan fingerprint density at radius 3 is 2.68 bits per heavy atom. The van der Waals surface area contributed by atoms with Crippen LogP contribution in [-0.4, -0.2) is 22.0 Å². The lowest BCUT2D eigenvalue weighted by Gasteiger charge is -2.08. The number of H-pyrrole nitrogens is 1. The van der Waals surface area contributed by atoms with Crippen molar-refractivity contribution in [3.05, 3.63) is 74.6 Å². The minimum absolute atomic E-state index is 0.0574. The summed E-state index contributed by atoms with van der Waals surface area (Å²) in [6.45, 7) is 1.22. The molecular weight excluding hydrogens is 426 g/mol. The summed E-state index contributed by atoms with van der Waals surface area (Å²) in [7, 11) is 0. The van der Waals surface area contributed by atoms with Crippen molar-refractivity contribution >= 4 is 50.5 Å². The van der Waals surface area contributed by atoms with E-state index in [9.17, 15) is 9.59 Å². The van der Waals surface area contributed by atoms with Crippen molar-refractivity contribution in [2.24, 2.45) is 0 Å². The molecule has 7 heteroatoms. The molecule has 0 fully saturated rings. The molecule has 5 nitrogen and oxygen atoms in total. The third kappa shape index (κ3) is 5.11. The molecule has 0 spiro atoms. The summed E-state index contributed by atoms with van der Waals surface area (Å²) in [6.07, 6.45) is 3.83. The lowest BCUT2D eigenvalue weighted by molar-refractivity contribution is -0.121. The summed E-state index contributed by atoms with van der Waals surface area (Å²) in [5.41, 5.74) is 2.00. The first-order valence-corrected chi connectivity index (χ1v) is 11.9. The van der Waals surface area contributed by atoms with Gasteiger partial charge in [-0.25, -0.2) is 0 Å². The number of aromatic nitrogens is 2. The Morgan fingerprint density at radius 1 is 1.03 bits per heavy atom. The van der Waals surface area contributed by atoms with E-state index >= 15 is 0 Å². The second-order valence-corrected chi connectivity index (χ2v) is 8.90. The highest BCUT2D eigenvalue weighted by Gasteiger charge is 2.07. The molecule has 4 rings (SSSR count). The molecule has 0 aliphatic carbocycles. The van der Waals surface area contributed by atoms with E-state index in [-0.39, 0.29) is 11.5 Å². The molecule has 1 amide bonds. The zero-order chi connectivity index (χ0) is 21.6. The molecule has 2 heterocycles. The van der Waals surface area contributed by atoms with E-state index in [2.05, 4.69) is 39.9 Å². The Kier molecular flexibility index (Phi) is 6.94. The minimum Gasteiger partial charge on any atom is -0.356 e. The standard InChI is InChI=1S/C24H25N3O2S2/c28-22(25-14-13-17-16-31-21-11-6-4-8-18(17)21)12-2-1-7-15-27-23(29)19-9-3-5-10-20(19)26-24(27)30/h3-6,8-11,16H,1-2,7,12-15H2,(H,25,28)(H,26,30). The second-order valence-electron chi connectivity index (χ2n) is 7.60. The van der Waals surface area contributed by atoms with E-state index in [0.29, 0.717) is 29.7 Å². The van der Waals surface area contributed by atoms with Gasteiger partial charge in [0, 0.05) is 24.2 Å². The number of unbranched alkanes of at least 4 members (excludes halogenated alkanes) is 2. The van der Waals surface area contributed by atoms with Crippen molar-refractivity contribution < 1.29 is 4.79 Å². The number of carbonyl (C=O) groups excluding carboxylic acids is 1. The van der Waals surface area contributed by atoms with Crippen molar-refractivity contribution in [3.8, 4) is 0 Å². The predicted octanol–water partition coefficient (Wildman–Crippen LogP) is 5.19. The average Bonchev–Trinajstić information content (AvgIpc) is 3.19. The predicted molar refractivity (Wildman–Crippen MR) is 130 cm³/mol. The molecular formula is C24H25N3O2S2. The van der Waals surface area contributed by atoms with Gasteiger partial charge in [-0.1, -0.05) is 36.8 Å². The van der Waals surface area contributed by atoms with Crippen LogP contribution in [-0.2, 0) is 17.8 Å². The Bertz CT molecular complexity index is 1320. The first kappa shape index (κ1) is 21.5. The number of hydrogen-bond acceptors (Lipinski definition) is 4. The maximum Gasteiger partial charge on any atom is 0.262 e. The van der Waals surface area contributed by atoms with Crippen LogP contribution in [0.3, 0.4) is 0 Å². The number of para-hydroxylation sites is 1. The SMILES string of the molecule is O=C(CCCCCn1c(=S)[nH]c2ccccc2c1=O)NCCc1csc2ccccc12. The highest BCUT2D eigenvalue weighted by molar-refractivity contribution is 7.71. The average molecular weight is 452 g/mol. The summed E-state index contributed by atoms with van der Waals surface area (Å²) in [6, 6.07) is 15.8. The molecule has 0 unspecified atom stereocenters. The van der Waals surface area contributed by atoms with E-state index < -0.39 is 0 Å². The lowest BCUT2D eigenvalue weighted by Crippen LogP contribution is -2.25. The second kappa shape index (κ2) is 10.0. The Labute approximate surface area is 189 Å². The van der Waals surface area contributed by atoms with E-state index in [4.69, 9.17) is 12.2 Å². The largest absolute Gasteiger partial charge is 0.356 e. The van der Waals surface area contributed by atoms with Gasteiger partial charge in [-0.3, -0.25) is 14.2 Å². The number of fused-ring (bicyclic) bond motifs is 2. The number of hydrogen-bond donors (Lipinski definition) is 2. The summed E-state index contributed by atoms with van der Waals surface area (Å²) in [5, 5.41) is 7.13. The van der Waals surface area contributed by atoms with E-state index in [1.54, 1.807) is 15.9 Å². The number of carbonyl (C=O) groups is 1. The van der Waals surface area contributed by atoms with Gasteiger partial charge in [0.05, 0.1) is 10.9 Å². The van der Waals surface area contributed by atoms with Crippen molar-refractivity contribution in [2.75, 3.05) is 6.54 Å². The summed E-state index contributed by atoms with van der Waals surface area (Å²) >= 11 is 7.09. The van der Waals surface area contributed by atoms with Crippen molar-refractivity contribution in [1.29, 1.82) is 0 Å². The number of benzene rings is 2. The van der Waals surface area contributed by atoms with Gasteiger partial charge in [0.2, 0.25) is 5.91 Å². The fourth-order valence-electron chi connectivity index (χ4n) is 3.79. The maximum absolute atomic E-state index is 12.6. The van der Waals surface area contributed by atoms with Gasteiger partial charge in [-0.15, -0.1) is 11.3 Å². The Balaban J connectivity index is 1.19. The fourth-order valence-corrected chi connectivity index (χ4v) is 5.07. The molecule has 0 radical (unpaired) electrons. The molecule has 0 saturated carbocycles. The topological polar surface area (TPSA) is 66.9 Å². The highest BCUT2D eigenvalue weighted by atomic mass is 32.1. The van der Waals surface area contributed by atoms with Crippen LogP contribution in [0.25, 0.3) is 21.0 Å². The van der Waals surface area contributed by atoms with Crippen molar-refractivity contribution in [1.82, 2.24) is 14.9 Å². The van der Waals surface area contributed by atoms with Gasteiger partial charge in [0.15, 0.2) is 4.77 Å². The summed E-state index contributed by atoms with van der Waals surface area (Å²) < 4.78 is 3.35. The Morgan fingerprint density at radius 2 is 1.81 bits per heavy atom. The number of thiophene rings is 1. The maximum atomic E-state index is 12.6. The quantitative estimate of drug-likeness (QED) is 0.272. The van der Waals surface area contributed by atoms with Crippen molar-refractivity contribution in [3.63, 3.8) is 0 Å². The zero-order valence-electron chi connectivity index (χ0n) is 17.2. The number of nitrogens with zero attached hydrogens (tertiary/aromatic N) is 1. The molecule has 2 aromatic heterocycles. The molecule has 0 bridgehead atoms. The van der Waals surface area contributed by atoms with Crippen molar-refractivity contribution in [2.45, 2.75) is 38.6 Å². The van der Waals surface area contributed by atoms with Gasteiger partial charge < -0.3 is 10.3 Å². The molecule has 2 N–H and O–H groups in total. The number of aromatic amines is 1.